The van der Waals surface area contributed by atoms with E-state index >= 15 is 0 Å². The first kappa shape index (κ1) is 23.4. The average molecular weight is 453 g/mol. The maximum Gasteiger partial charge on any atom is 0.226 e. The molecule has 1 N–H and O–H groups in total. The smallest absolute Gasteiger partial charge is 0.226 e. The summed E-state index contributed by atoms with van der Waals surface area (Å²) in [5, 5.41) is 11.2. The summed E-state index contributed by atoms with van der Waals surface area (Å²) in [5.74, 6) is -0.307. The lowest BCUT2D eigenvalue weighted by molar-refractivity contribution is -0.118. The third kappa shape index (κ3) is 5.31. The molecule has 1 atom stereocenters. The molecule has 0 bridgehead atoms. The molecule has 3 aromatic rings. The molecule has 0 saturated carbocycles. The van der Waals surface area contributed by atoms with E-state index in [0.717, 1.165) is 0 Å². The van der Waals surface area contributed by atoms with Crippen LogP contribution >= 0.6 is 11.8 Å². The van der Waals surface area contributed by atoms with E-state index in [0.29, 0.717) is 34.3 Å². The summed E-state index contributed by atoms with van der Waals surface area (Å²) >= 11 is 1.25. The highest BCUT2D eigenvalue weighted by Gasteiger charge is 2.22. The topological polar surface area (TPSA) is 76.9 Å². The lowest BCUT2D eigenvalue weighted by atomic mass is 10.1. The van der Waals surface area contributed by atoms with Gasteiger partial charge in [0.2, 0.25) is 5.91 Å². The van der Waals surface area contributed by atoms with E-state index in [1.807, 2.05) is 13.8 Å². The number of ketones is 1. The molecule has 1 amide bonds. The Labute approximate surface area is 190 Å². The highest BCUT2D eigenvalue weighted by atomic mass is 32.2. The number of aromatic nitrogens is 3. The molecular weight excluding hydrogens is 427 g/mol. The quantitative estimate of drug-likeness (QED) is 0.273. The van der Waals surface area contributed by atoms with Crippen molar-refractivity contribution in [3.63, 3.8) is 0 Å². The number of thioether (sulfide) groups is 1. The number of hydrogen-bond acceptors (Lipinski definition) is 5. The van der Waals surface area contributed by atoms with Crippen molar-refractivity contribution in [3.8, 4) is 11.4 Å². The van der Waals surface area contributed by atoms with Gasteiger partial charge in [-0.15, -0.1) is 16.8 Å². The van der Waals surface area contributed by atoms with Crippen molar-refractivity contribution in [3.05, 3.63) is 72.6 Å². The Kier molecular flexibility index (Phi) is 7.58. The summed E-state index contributed by atoms with van der Waals surface area (Å²) in [6.07, 6.45) is 1.68. The van der Waals surface area contributed by atoms with Crippen molar-refractivity contribution < 1.29 is 14.0 Å². The van der Waals surface area contributed by atoms with Crippen LogP contribution in [-0.4, -0.2) is 31.7 Å². The average Bonchev–Trinajstić information content (AvgIpc) is 3.16. The van der Waals surface area contributed by atoms with Crippen LogP contribution in [0.25, 0.3) is 11.4 Å². The molecule has 0 spiro atoms. The van der Waals surface area contributed by atoms with Crippen LogP contribution in [0.15, 0.2) is 66.3 Å². The molecule has 8 heteroatoms. The van der Waals surface area contributed by atoms with E-state index in [1.54, 1.807) is 60.0 Å². The summed E-state index contributed by atoms with van der Waals surface area (Å²) < 4.78 is 16.0. The Morgan fingerprint density at radius 3 is 2.44 bits per heavy atom. The zero-order valence-corrected chi connectivity index (χ0v) is 19.0. The SMILES string of the molecule is C=CCn1c(SC(C)C(=O)c2ccc(NC(=O)C(C)C)cc2)nnc1-c1ccccc1F. The zero-order valence-electron chi connectivity index (χ0n) is 18.2. The number of rotatable bonds is 9. The fourth-order valence-corrected chi connectivity index (χ4v) is 3.90. The van der Waals surface area contributed by atoms with Gasteiger partial charge in [-0.2, -0.15) is 0 Å². The molecule has 0 saturated heterocycles. The van der Waals surface area contributed by atoms with Gasteiger partial charge >= 0.3 is 0 Å². The fourth-order valence-electron chi connectivity index (χ4n) is 2.96. The minimum absolute atomic E-state index is 0.0831. The molecular formula is C24H25FN4O2S. The number of nitrogens with zero attached hydrogens (tertiary/aromatic N) is 3. The number of allylic oxidation sites excluding steroid dienone is 1. The Bertz CT molecular complexity index is 1130. The van der Waals surface area contributed by atoms with Gasteiger partial charge in [0.25, 0.3) is 0 Å². The van der Waals surface area contributed by atoms with Gasteiger partial charge in [-0.25, -0.2) is 4.39 Å². The van der Waals surface area contributed by atoms with Crippen LogP contribution in [0.2, 0.25) is 0 Å². The summed E-state index contributed by atoms with van der Waals surface area (Å²) in [5.41, 5.74) is 1.50. The number of amides is 1. The fraction of sp³-hybridized carbons (Fsp3) is 0.250. The zero-order chi connectivity index (χ0) is 23.3. The minimum Gasteiger partial charge on any atom is -0.326 e. The molecule has 1 heterocycles. The number of hydrogen-bond donors (Lipinski definition) is 1. The number of carbonyl (C=O) groups excluding carboxylic acids is 2. The van der Waals surface area contributed by atoms with Gasteiger partial charge < -0.3 is 5.32 Å². The van der Waals surface area contributed by atoms with Crippen molar-refractivity contribution in [1.29, 1.82) is 0 Å². The highest BCUT2D eigenvalue weighted by Crippen LogP contribution is 2.29. The van der Waals surface area contributed by atoms with Gasteiger partial charge in [-0.3, -0.25) is 14.2 Å². The van der Waals surface area contributed by atoms with Crippen molar-refractivity contribution in [1.82, 2.24) is 14.8 Å². The molecule has 32 heavy (non-hydrogen) atoms. The van der Waals surface area contributed by atoms with Crippen LogP contribution in [0.4, 0.5) is 10.1 Å². The molecule has 1 unspecified atom stereocenters. The molecule has 1 aromatic heterocycles. The second-order valence-corrected chi connectivity index (χ2v) is 8.84. The third-order valence-electron chi connectivity index (χ3n) is 4.76. The van der Waals surface area contributed by atoms with Gasteiger partial charge in [0.05, 0.1) is 10.8 Å². The molecule has 0 aliphatic rings. The van der Waals surface area contributed by atoms with Crippen LogP contribution < -0.4 is 5.32 Å². The first-order valence-electron chi connectivity index (χ1n) is 10.2. The van der Waals surface area contributed by atoms with E-state index in [-0.39, 0.29) is 17.6 Å². The van der Waals surface area contributed by atoms with Crippen LogP contribution in [-0.2, 0) is 11.3 Å². The lowest BCUT2D eigenvalue weighted by Crippen LogP contribution is -2.18. The maximum absolute atomic E-state index is 14.3. The first-order valence-corrected chi connectivity index (χ1v) is 11.1. The third-order valence-corrected chi connectivity index (χ3v) is 5.84. The van der Waals surface area contributed by atoms with Gasteiger partial charge in [-0.1, -0.05) is 43.8 Å². The predicted octanol–water partition coefficient (Wildman–Crippen LogP) is 5.23. The first-order chi connectivity index (χ1) is 15.3. The van der Waals surface area contributed by atoms with E-state index in [9.17, 15) is 14.0 Å². The number of Topliss-reactive ketones (excluding diaryl/α,β-unsaturated/α-hetero) is 1. The predicted molar refractivity (Wildman–Crippen MR) is 125 cm³/mol. The minimum atomic E-state index is -0.452. The summed E-state index contributed by atoms with van der Waals surface area (Å²) in [4.78, 5) is 24.8. The Morgan fingerprint density at radius 1 is 1.12 bits per heavy atom. The van der Waals surface area contributed by atoms with E-state index in [1.165, 1.54) is 17.8 Å². The second-order valence-electron chi connectivity index (χ2n) is 7.53. The van der Waals surface area contributed by atoms with Gasteiger partial charge in [-0.05, 0) is 43.3 Å². The largest absolute Gasteiger partial charge is 0.326 e. The molecule has 6 nitrogen and oxygen atoms in total. The summed E-state index contributed by atoms with van der Waals surface area (Å²) in [6.45, 7) is 9.56. The molecule has 166 valence electrons. The molecule has 3 rings (SSSR count). The highest BCUT2D eigenvalue weighted by molar-refractivity contribution is 8.00. The van der Waals surface area contributed by atoms with Crippen LogP contribution in [0.3, 0.4) is 0 Å². The van der Waals surface area contributed by atoms with Crippen molar-refractivity contribution in [2.45, 2.75) is 37.7 Å². The van der Waals surface area contributed by atoms with Gasteiger partial charge in [0.15, 0.2) is 16.8 Å². The number of benzene rings is 2. The Balaban J connectivity index is 1.77. The lowest BCUT2D eigenvalue weighted by Gasteiger charge is -2.13. The van der Waals surface area contributed by atoms with Crippen LogP contribution in [0, 0.1) is 11.7 Å². The van der Waals surface area contributed by atoms with Gasteiger partial charge in [0.1, 0.15) is 5.82 Å². The van der Waals surface area contributed by atoms with Crippen LogP contribution in [0.1, 0.15) is 31.1 Å². The molecule has 0 aliphatic carbocycles. The van der Waals surface area contributed by atoms with Gasteiger partial charge in [0, 0.05) is 23.7 Å². The summed E-state index contributed by atoms with van der Waals surface area (Å²) in [6, 6.07) is 13.2. The molecule has 0 radical (unpaired) electrons. The standard InChI is InChI=1S/C24H25FN4O2S/c1-5-14-29-22(19-8-6-7-9-20(19)25)27-28-24(29)32-16(4)21(30)17-10-12-18(13-11-17)26-23(31)15(2)3/h5-13,15-16H,1,14H2,2-4H3,(H,26,31). The van der Waals surface area contributed by atoms with E-state index in [2.05, 4.69) is 22.1 Å². The maximum atomic E-state index is 14.3. The molecule has 2 aromatic carbocycles. The van der Waals surface area contributed by atoms with Crippen molar-refractivity contribution >= 4 is 29.1 Å². The number of nitrogens with one attached hydrogen (secondary N) is 1. The molecule has 0 aliphatic heterocycles. The number of anilines is 1. The van der Waals surface area contributed by atoms with Crippen molar-refractivity contribution in [2.75, 3.05) is 5.32 Å². The number of halogens is 1. The second kappa shape index (κ2) is 10.4. The molecule has 0 fully saturated rings. The Hall–Kier alpha value is -3.26. The van der Waals surface area contributed by atoms with Crippen molar-refractivity contribution in [2.24, 2.45) is 5.92 Å². The Morgan fingerprint density at radius 2 is 1.81 bits per heavy atom. The number of carbonyl (C=O) groups is 2. The van der Waals surface area contributed by atoms with E-state index < -0.39 is 11.1 Å². The summed E-state index contributed by atoms with van der Waals surface area (Å²) in [7, 11) is 0. The normalized spacial score (nSPS) is 11.9. The van der Waals surface area contributed by atoms with E-state index in [4.69, 9.17) is 0 Å². The van der Waals surface area contributed by atoms with Crippen LogP contribution in [0.5, 0.6) is 0 Å². The monoisotopic (exact) mass is 452 g/mol.